The summed E-state index contributed by atoms with van der Waals surface area (Å²) in [7, 11) is -0.723. The third-order valence-corrected chi connectivity index (χ3v) is 6.12. The van der Waals surface area contributed by atoms with Crippen molar-refractivity contribution in [1.82, 2.24) is 14.5 Å². The highest BCUT2D eigenvalue weighted by Crippen LogP contribution is 2.15. The Kier molecular flexibility index (Phi) is 7.46. The molecule has 2 amide bonds. The van der Waals surface area contributed by atoms with Gasteiger partial charge in [0, 0.05) is 32.7 Å². The topological polar surface area (TPSA) is 86.8 Å². The molecule has 0 bridgehead atoms. The Balaban J connectivity index is 2.00. The van der Waals surface area contributed by atoms with E-state index in [1.807, 2.05) is 0 Å². The Labute approximate surface area is 170 Å². The lowest BCUT2D eigenvalue weighted by atomic mass is 10.2. The SMILES string of the molecule is CCN(CC(=O)NCc1ccc(F)cc1)C(=O)c1ccc(S(=O)(=O)N(C)C)cc1. The van der Waals surface area contributed by atoms with Crippen molar-refractivity contribution >= 4 is 21.8 Å². The van der Waals surface area contributed by atoms with E-state index in [0.717, 1.165) is 9.87 Å². The van der Waals surface area contributed by atoms with E-state index in [-0.39, 0.29) is 41.2 Å². The van der Waals surface area contributed by atoms with Crippen LogP contribution in [0.2, 0.25) is 0 Å². The Morgan fingerprint density at radius 1 is 1.00 bits per heavy atom. The fourth-order valence-electron chi connectivity index (χ4n) is 2.52. The number of carbonyl (C=O) groups is 2. The van der Waals surface area contributed by atoms with Gasteiger partial charge in [-0.05, 0) is 48.9 Å². The van der Waals surface area contributed by atoms with Gasteiger partial charge in [-0.25, -0.2) is 17.1 Å². The summed E-state index contributed by atoms with van der Waals surface area (Å²) in [6, 6.07) is 11.3. The van der Waals surface area contributed by atoms with E-state index in [9.17, 15) is 22.4 Å². The van der Waals surface area contributed by atoms with Gasteiger partial charge in [0.05, 0.1) is 11.4 Å². The van der Waals surface area contributed by atoms with E-state index in [4.69, 9.17) is 0 Å². The highest BCUT2D eigenvalue weighted by Gasteiger charge is 2.20. The summed E-state index contributed by atoms with van der Waals surface area (Å²) >= 11 is 0. The first kappa shape index (κ1) is 22.5. The van der Waals surface area contributed by atoms with Gasteiger partial charge in [0.2, 0.25) is 15.9 Å². The van der Waals surface area contributed by atoms with Gasteiger partial charge >= 0.3 is 0 Å². The quantitative estimate of drug-likeness (QED) is 0.705. The number of halogens is 1. The Bertz CT molecular complexity index is 958. The Morgan fingerprint density at radius 3 is 2.10 bits per heavy atom. The third-order valence-electron chi connectivity index (χ3n) is 4.29. The van der Waals surface area contributed by atoms with Gasteiger partial charge in [0.1, 0.15) is 5.82 Å². The first-order chi connectivity index (χ1) is 13.6. The highest BCUT2D eigenvalue weighted by molar-refractivity contribution is 7.89. The Hall–Kier alpha value is -2.78. The number of nitrogens with zero attached hydrogens (tertiary/aromatic N) is 2. The molecule has 0 aliphatic rings. The summed E-state index contributed by atoms with van der Waals surface area (Å²) in [6.45, 7) is 2.13. The molecule has 0 atom stereocenters. The number of rotatable bonds is 8. The number of nitrogens with one attached hydrogen (secondary N) is 1. The minimum absolute atomic E-state index is 0.0825. The molecule has 0 unspecified atom stereocenters. The molecule has 0 heterocycles. The van der Waals surface area contributed by atoms with Gasteiger partial charge in [-0.2, -0.15) is 0 Å². The third kappa shape index (κ3) is 5.85. The first-order valence-corrected chi connectivity index (χ1v) is 10.4. The van der Waals surface area contributed by atoms with E-state index in [2.05, 4.69) is 5.32 Å². The first-order valence-electron chi connectivity index (χ1n) is 8.98. The summed E-state index contributed by atoms with van der Waals surface area (Å²) in [5.74, 6) is -1.08. The average molecular weight is 421 g/mol. The minimum atomic E-state index is -3.58. The molecule has 0 spiro atoms. The predicted octanol–water partition coefficient (Wildman–Crippen LogP) is 1.85. The number of benzene rings is 2. The van der Waals surface area contributed by atoms with Crippen molar-refractivity contribution in [2.24, 2.45) is 0 Å². The van der Waals surface area contributed by atoms with E-state index < -0.39 is 10.0 Å². The maximum atomic E-state index is 12.9. The standard InChI is InChI=1S/C20H24FN3O4S/c1-4-24(14-19(25)22-13-15-5-9-17(21)10-6-15)20(26)16-7-11-18(12-8-16)29(27,28)23(2)3/h5-12H,4,13-14H2,1-3H3,(H,22,25). The lowest BCUT2D eigenvalue weighted by Gasteiger charge is -2.21. The van der Waals surface area contributed by atoms with Gasteiger partial charge in [0.25, 0.3) is 5.91 Å². The summed E-state index contributed by atoms with van der Waals surface area (Å²) in [5, 5.41) is 2.69. The van der Waals surface area contributed by atoms with Crippen molar-refractivity contribution in [3.05, 3.63) is 65.5 Å². The van der Waals surface area contributed by atoms with Gasteiger partial charge < -0.3 is 10.2 Å². The molecule has 0 aliphatic carbocycles. The number of sulfonamides is 1. The van der Waals surface area contributed by atoms with E-state index in [1.165, 1.54) is 55.4 Å². The Morgan fingerprint density at radius 2 is 1.59 bits per heavy atom. The molecule has 2 rings (SSSR count). The van der Waals surface area contributed by atoms with Gasteiger partial charge in [-0.3, -0.25) is 9.59 Å². The fourth-order valence-corrected chi connectivity index (χ4v) is 3.42. The maximum absolute atomic E-state index is 12.9. The van der Waals surface area contributed by atoms with Gasteiger partial charge in [-0.15, -0.1) is 0 Å². The smallest absolute Gasteiger partial charge is 0.254 e. The molecule has 2 aromatic rings. The number of hydrogen-bond donors (Lipinski definition) is 1. The van der Waals surface area contributed by atoms with Crippen LogP contribution in [0.5, 0.6) is 0 Å². The molecule has 29 heavy (non-hydrogen) atoms. The molecule has 156 valence electrons. The molecular formula is C20H24FN3O4S. The molecule has 0 saturated heterocycles. The van der Waals surface area contributed by atoms with Crippen LogP contribution in [0.3, 0.4) is 0 Å². The number of likely N-dealkylation sites (N-methyl/N-ethyl adjacent to an activating group) is 1. The monoisotopic (exact) mass is 421 g/mol. The normalized spacial score (nSPS) is 11.3. The van der Waals surface area contributed by atoms with Crippen LogP contribution < -0.4 is 5.32 Å². The zero-order chi connectivity index (χ0) is 21.6. The van der Waals surface area contributed by atoms with Crippen LogP contribution in [-0.4, -0.2) is 56.6 Å². The summed E-state index contributed by atoms with van der Waals surface area (Å²) in [6.07, 6.45) is 0. The second-order valence-electron chi connectivity index (χ2n) is 6.53. The lowest BCUT2D eigenvalue weighted by molar-refractivity contribution is -0.121. The zero-order valence-corrected chi connectivity index (χ0v) is 17.4. The van der Waals surface area contributed by atoms with Gasteiger partial charge in [0.15, 0.2) is 0 Å². The second kappa shape index (κ2) is 9.62. The molecular weight excluding hydrogens is 397 g/mol. The highest BCUT2D eigenvalue weighted by atomic mass is 32.2. The van der Waals surface area contributed by atoms with Crippen molar-refractivity contribution < 1.29 is 22.4 Å². The second-order valence-corrected chi connectivity index (χ2v) is 8.69. The van der Waals surface area contributed by atoms with Gasteiger partial charge in [-0.1, -0.05) is 12.1 Å². The molecule has 0 aromatic heterocycles. The molecule has 0 fully saturated rings. The maximum Gasteiger partial charge on any atom is 0.254 e. The van der Waals surface area contributed by atoms with Crippen molar-refractivity contribution in [3.8, 4) is 0 Å². The van der Waals surface area contributed by atoms with Crippen molar-refractivity contribution in [2.75, 3.05) is 27.2 Å². The molecule has 1 N–H and O–H groups in total. The van der Waals surface area contributed by atoms with Crippen LogP contribution in [0.25, 0.3) is 0 Å². The number of amides is 2. The summed E-state index contributed by atoms with van der Waals surface area (Å²) < 4.78 is 38.2. The van der Waals surface area contributed by atoms with Crippen LogP contribution in [0.15, 0.2) is 53.4 Å². The summed E-state index contributed by atoms with van der Waals surface area (Å²) in [4.78, 5) is 26.3. The van der Waals surface area contributed by atoms with Crippen molar-refractivity contribution in [1.29, 1.82) is 0 Å². The predicted molar refractivity (Wildman–Crippen MR) is 107 cm³/mol. The van der Waals surface area contributed by atoms with Crippen LogP contribution in [0.1, 0.15) is 22.8 Å². The largest absolute Gasteiger partial charge is 0.350 e. The van der Waals surface area contributed by atoms with E-state index in [0.29, 0.717) is 6.54 Å². The van der Waals surface area contributed by atoms with Crippen LogP contribution in [0, 0.1) is 5.82 Å². The van der Waals surface area contributed by atoms with Crippen molar-refractivity contribution in [2.45, 2.75) is 18.4 Å². The molecule has 0 saturated carbocycles. The summed E-state index contributed by atoms with van der Waals surface area (Å²) in [5.41, 5.74) is 1.03. The van der Waals surface area contributed by atoms with E-state index in [1.54, 1.807) is 19.1 Å². The van der Waals surface area contributed by atoms with Crippen molar-refractivity contribution in [3.63, 3.8) is 0 Å². The van der Waals surface area contributed by atoms with Crippen LogP contribution >= 0.6 is 0 Å². The number of hydrogen-bond acceptors (Lipinski definition) is 4. The molecule has 9 heteroatoms. The zero-order valence-electron chi connectivity index (χ0n) is 16.6. The molecule has 7 nitrogen and oxygen atoms in total. The minimum Gasteiger partial charge on any atom is -0.350 e. The molecule has 0 radical (unpaired) electrons. The fraction of sp³-hybridized carbons (Fsp3) is 0.300. The number of carbonyl (C=O) groups excluding carboxylic acids is 2. The van der Waals surface area contributed by atoms with E-state index >= 15 is 0 Å². The molecule has 2 aromatic carbocycles. The van der Waals surface area contributed by atoms with Crippen LogP contribution in [-0.2, 0) is 21.4 Å². The lowest BCUT2D eigenvalue weighted by Crippen LogP contribution is -2.40. The van der Waals surface area contributed by atoms with Crippen LogP contribution in [0.4, 0.5) is 4.39 Å². The average Bonchev–Trinajstić information content (AvgIpc) is 2.71. The molecule has 0 aliphatic heterocycles.